The van der Waals surface area contributed by atoms with Gasteiger partial charge in [0.15, 0.2) is 0 Å². The van der Waals surface area contributed by atoms with Crippen molar-refractivity contribution in [3.8, 4) is 0 Å². The van der Waals surface area contributed by atoms with Crippen LogP contribution in [0.15, 0.2) is 11.6 Å². The number of nitrogens with zero attached hydrogens (tertiary/aromatic N) is 1. The van der Waals surface area contributed by atoms with E-state index in [9.17, 15) is 4.79 Å². The van der Waals surface area contributed by atoms with E-state index >= 15 is 0 Å². The van der Waals surface area contributed by atoms with Crippen molar-refractivity contribution in [1.82, 2.24) is 15.5 Å². The molecule has 0 aromatic heterocycles. The van der Waals surface area contributed by atoms with Crippen LogP contribution in [0, 0.1) is 0 Å². The Labute approximate surface area is 79.0 Å². The maximum absolute atomic E-state index is 11.2. The second kappa shape index (κ2) is 4.87. The molecule has 0 aromatic rings. The van der Waals surface area contributed by atoms with Crippen LogP contribution >= 0.6 is 0 Å². The van der Waals surface area contributed by atoms with E-state index in [0.717, 1.165) is 19.5 Å². The highest BCUT2D eigenvalue weighted by Gasteiger charge is 2.05. The van der Waals surface area contributed by atoms with E-state index in [4.69, 9.17) is 0 Å². The molecule has 1 rings (SSSR count). The Morgan fingerprint density at radius 2 is 2.46 bits per heavy atom. The van der Waals surface area contributed by atoms with Gasteiger partial charge in [0.05, 0.1) is 0 Å². The van der Waals surface area contributed by atoms with Crippen molar-refractivity contribution in [3.63, 3.8) is 0 Å². The molecule has 0 bridgehead atoms. The molecule has 2 N–H and O–H groups in total. The summed E-state index contributed by atoms with van der Waals surface area (Å²) in [5.74, 6) is 0. The minimum atomic E-state index is -0.0283. The van der Waals surface area contributed by atoms with E-state index in [1.807, 2.05) is 0 Å². The molecule has 2 amide bonds. The molecule has 74 valence electrons. The minimum Gasteiger partial charge on any atom is -0.334 e. The van der Waals surface area contributed by atoms with Gasteiger partial charge in [-0.3, -0.25) is 0 Å². The quantitative estimate of drug-likeness (QED) is 0.600. The number of rotatable bonds is 2. The topological polar surface area (TPSA) is 44.4 Å². The molecule has 1 aliphatic rings. The number of nitrogens with one attached hydrogen (secondary N) is 2. The second-order valence-electron chi connectivity index (χ2n) is 3.37. The van der Waals surface area contributed by atoms with Crippen LogP contribution in [-0.2, 0) is 0 Å². The van der Waals surface area contributed by atoms with E-state index in [1.54, 1.807) is 19.0 Å². The van der Waals surface area contributed by atoms with Crippen LogP contribution in [0.3, 0.4) is 0 Å². The van der Waals surface area contributed by atoms with Crippen molar-refractivity contribution in [2.75, 3.05) is 33.7 Å². The lowest BCUT2D eigenvalue weighted by Crippen LogP contribution is -2.36. The van der Waals surface area contributed by atoms with E-state index in [-0.39, 0.29) is 6.03 Å². The maximum Gasteiger partial charge on any atom is 0.317 e. The molecule has 0 saturated heterocycles. The first-order valence-electron chi connectivity index (χ1n) is 4.54. The number of hydrogen-bond donors (Lipinski definition) is 2. The van der Waals surface area contributed by atoms with Gasteiger partial charge < -0.3 is 15.5 Å². The number of amides is 2. The summed E-state index contributed by atoms with van der Waals surface area (Å²) in [7, 11) is 3.48. The first kappa shape index (κ1) is 10.1. The van der Waals surface area contributed by atoms with E-state index in [2.05, 4.69) is 16.7 Å². The standard InChI is InChI=1S/C9H17N3O/c1-12(2)9(13)11-7-8-3-5-10-6-4-8/h3,10H,4-7H2,1-2H3,(H,11,13). The zero-order valence-electron chi connectivity index (χ0n) is 8.26. The molecule has 0 aromatic carbocycles. The molecule has 0 aliphatic carbocycles. The predicted molar refractivity (Wildman–Crippen MR) is 52.7 cm³/mol. The minimum absolute atomic E-state index is 0.0283. The van der Waals surface area contributed by atoms with Gasteiger partial charge in [-0.2, -0.15) is 0 Å². The molecular formula is C9H17N3O. The molecule has 0 fully saturated rings. The molecule has 1 heterocycles. The van der Waals surface area contributed by atoms with Gasteiger partial charge >= 0.3 is 6.03 Å². The summed E-state index contributed by atoms with van der Waals surface area (Å²) in [4.78, 5) is 12.7. The van der Waals surface area contributed by atoms with Crippen LogP contribution in [0.2, 0.25) is 0 Å². The highest BCUT2D eigenvalue weighted by atomic mass is 16.2. The fraction of sp³-hybridized carbons (Fsp3) is 0.667. The van der Waals surface area contributed by atoms with Crippen LogP contribution in [0.25, 0.3) is 0 Å². The third kappa shape index (κ3) is 3.46. The average molecular weight is 183 g/mol. The van der Waals surface area contributed by atoms with Crippen molar-refractivity contribution in [2.24, 2.45) is 0 Å². The largest absolute Gasteiger partial charge is 0.334 e. The molecule has 0 atom stereocenters. The Morgan fingerprint density at radius 3 is 3.00 bits per heavy atom. The maximum atomic E-state index is 11.2. The van der Waals surface area contributed by atoms with E-state index in [1.165, 1.54) is 5.57 Å². The highest BCUT2D eigenvalue weighted by molar-refractivity contribution is 5.73. The third-order valence-corrected chi connectivity index (χ3v) is 2.03. The van der Waals surface area contributed by atoms with Gasteiger partial charge in [-0.15, -0.1) is 0 Å². The Balaban J connectivity index is 2.25. The lowest BCUT2D eigenvalue weighted by molar-refractivity contribution is 0.218. The van der Waals surface area contributed by atoms with Crippen LogP contribution in [-0.4, -0.2) is 44.7 Å². The first-order chi connectivity index (χ1) is 6.20. The molecule has 0 unspecified atom stereocenters. The van der Waals surface area contributed by atoms with Gasteiger partial charge in [0.2, 0.25) is 0 Å². The van der Waals surface area contributed by atoms with E-state index < -0.39 is 0 Å². The zero-order valence-corrected chi connectivity index (χ0v) is 8.26. The summed E-state index contributed by atoms with van der Waals surface area (Å²) in [6.07, 6.45) is 3.17. The monoisotopic (exact) mass is 183 g/mol. The second-order valence-corrected chi connectivity index (χ2v) is 3.37. The van der Waals surface area contributed by atoms with Crippen molar-refractivity contribution < 1.29 is 4.79 Å². The number of urea groups is 1. The fourth-order valence-electron chi connectivity index (χ4n) is 1.18. The Hall–Kier alpha value is -1.03. The summed E-state index contributed by atoms with van der Waals surface area (Å²) in [6, 6.07) is -0.0283. The molecule has 13 heavy (non-hydrogen) atoms. The molecule has 1 aliphatic heterocycles. The SMILES string of the molecule is CN(C)C(=O)NCC1=CCNCC1. The predicted octanol–water partition coefficient (Wildman–Crippen LogP) is 0.177. The van der Waals surface area contributed by atoms with Crippen molar-refractivity contribution >= 4 is 6.03 Å². The smallest absolute Gasteiger partial charge is 0.317 e. The fourth-order valence-corrected chi connectivity index (χ4v) is 1.18. The summed E-state index contributed by atoms with van der Waals surface area (Å²) >= 11 is 0. The van der Waals surface area contributed by atoms with Gasteiger partial charge in [0.25, 0.3) is 0 Å². The third-order valence-electron chi connectivity index (χ3n) is 2.03. The summed E-state index contributed by atoms with van der Waals surface area (Å²) < 4.78 is 0. The van der Waals surface area contributed by atoms with Crippen LogP contribution in [0.1, 0.15) is 6.42 Å². The lowest BCUT2D eigenvalue weighted by Gasteiger charge is -2.16. The van der Waals surface area contributed by atoms with Crippen LogP contribution in [0.5, 0.6) is 0 Å². The average Bonchev–Trinajstić information content (AvgIpc) is 2.15. The Bertz CT molecular complexity index is 211. The van der Waals surface area contributed by atoms with Crippen molar-refractivity contribution in [2.45, 2.75) is 6.42 Å². The van der Waals surface area contributed by atoms with Gasteiger partial charge in [0.1, 0.15) is 0 Å². The zero-order chi connectivity index (χ0) is 9.68. The Kier molecular flexibility index (Phi) is 3.76. The first-order valence-corrected chi connectivity index (χ1v) is 4.54. The number of carbonyl (C=O) groups excluding carboxylic acids is 1. The highest BCUT2D eigenvalue weighted by Crippen LogP contribution is 2.01. The molecule has 0 spiro atoms. The molecule has 4 heteroatoms. The van der Waals surface area contributed by atoms with Crippen LogP contribution < -0.4 is 10.6 Å². The van der Waals surface area contributed by atoms with Crippen molar-refractivity contribution in [3.05, 3.63) is 11.6 Å². The molecule has 0 saturated carbocycles. The summed E-state index contributed by atoms with van der Waals surface area (Å²) in [5, 5.41) is 6.07. The van der Waals surface area contributed by atoms with E-state index in [0.29, 0.717) is 6.54 Å². The van der Waals surface area contributed by atoms with Gasteiger partial charge in [-0.25, -0.2) is 4.79 Å². The molecule has 4 nitrogen and oxygen atoms in total. The van der Waals surface area contributed by atoms with Gasteiger partial charge in [-0.05, 0) is 13.0 Å². The summed E-state index contributed by atoms with van der Waals surface area (Å²) in [5.41, 5.74) is 1.31. The van der Waals surface area contributed by atoms with Crippen LogP contribution in [0.4, 0.5) is 4.79 Å². The van der Waals surface area contributed by atoms with Crippen molar-refractivity contribution in [1.29, 1.82) is 0 Å². The lowest BCUT2D eigenvalue weighted by atomic mass is 10.1. The number of hydrogen-bond acceptors (Lipinski definition) is 2. The normalized spacial score (nSPS) is 16.3. The Morgan fingerprint density at radius 1 is 1.69 bits per heavy atom. The summed E-state index contributed by atoms with van der Waals surface area (Å²) in [6.45, 7) is 2.62. The van der Waals surface area contributed by atoms with Gasteiger partial charge in [-0.1, -0.05) is 11.6 Å². The van der Waals surface area contributed by atoms with Gasteiger partial charge in [0, 0.05) is 27.2 Å². The number of carbonyl (C=O) groups is 1. The molecular weight excluding hydrogens is 166 g/mol. The molecule has 0 radical (unpaired) electrons.